The Hall–Kier alpha value is -4.13. The Morgan fingerprint density at radius 2 is 1.48 bits per heavy atom. The van der Waals surface area contributed by atoms with Crippen LogP contribution in [0.2, 0.25) is 0 Å². The number of carboxylic acid groups (broad SMARTS) is 1. The fraction of sp³-hybridized carbons (Fsp3) is 0.125. The number of aromatic carboxylic acids is 1. The molecule has 0 heterocycles. The van der Waals surface area contributed by atoms with Gasteiger partial charge in [-0.15, -0.1) is 0 Å². The Bertz CT molecular complexity index is 1120. The highest BCUT2D eigenvalue weighted by atomic mass is 16.5. The van der Waals surface area contributed by atoms with Gasteiger partial charge in [-0.2, -0.15) is 0 Å². The maximum atomic E-state index is 12.8. The number of carbonyl (C=O) groups excluding carboxylic acids is 2. The molecule has 2 amide bonds. The van der Waals surface area contributed by atoms with E-state index in [-0.39, 0.29) is 23.6 Å². The Kier molecular flexibility index (Phi) is 6.67. The number of para-hydroxylation sites is 1. The molecule has 0 saturated carbocycles. The Morgan fingerprint density at radius 1 is 0.839 bits per heavy atom. The molecule has 31 heavy (non-hydrogen) atoms. The van der Waals surface area contributed by atoms with Crippen LogP contribution in [0.25, 0.3) is 0 Å². The number of amides is 2. The van der Waals surface area contributed by atoms with Crippen molar-refractivity contribution >= 4 is 29.2 Å². The van der Waals surface area contributed by atoms with Gasteiger partial charge in [0, 0.05) is 11.3 Å². The summed E-state index contributed by atoms with van der Waals surface area (Å²) in [6.07, 6.45) is 0.172. The SMILES string of the molecule is COc1ccc(CC(=O)Nc2cccc(C(=O)Nc3ccccc3C(=O)O)c2C)cc1. The summed E-state index contributed by atoms with van der Waals surface area (Å²) in [7, 11) is 1.58. The van der Waals surface area contributed by atoms with Gasteiger partial charge >= 0.3 is 5.97 Å². The molecule has 0 radical (unpaired) electrons. The molecule has 0 saturated heterocycles. The number of methoxy groups -OCH3 is 1. The molecule has 3 N–H and O–H groups in total. The highest BCUT2D eigenvalue weighted by molar-refractivity contribution is 6.09. The smallest absolute Gasteiger partial charge is 0.337 e. The fourth-order valence-electron chi connectivity index (χ4n) is 3.11. The first-order valence-electron chi connectivity index (χ1n) is 9.55. The van der Waals surface area contributed by atoms with Gasteiger partial charge in [0.25, 0.3) is 5.91 Å². The van der Waals surface area contributed by atoms with Crippen LogP contribution < -0.4 is 15.4 Å². The van der Waals surface area contributed by atoms with E-state index in [1.54, 1.807) is 56.5 Å². The average Bonchev–Trinajstić information content (AvgIpc) is 2.76. The van der Waals surface area contributed by atoms with Crippen LogP contribution in [0.1, 0.15) is 31.8 Å². The van der Waals surface area contributed by atoms with Gasteiger partial charge in [-0.25, -0.2) is 4.79 Å². The molecule has 0 aliphatic heterocycles. The van der Waals surface area contributed by atoms with E-state index in [1.165, 1.54) is 12.1 Å². The molecule has 0 bridgehead atoms. The first-order valence-corrected chi connectivity index (χ1v) is 9.55. The Labute approximate surface area is 179 Å². The van der Waals surface area contributed by atoms with E-state index in [9.17, 15) is 19.5 Å². The van der Waals surface area contributed by atoms with Gasteiger partial charge in [0.15, 0.2) is 0 Å². The van der Waals surface area contributed by atoms with Gasteiger partial charge in [0.1, 0.15) is 5.75 Å². The molecule has 0 unspecified atom stereocenters. The highest BCUT2D eigenvalue weighted by Crippen LogP contribution is 2.22. The number of benzene rings is 3. The summed E-state index contributed by atoms with van der Waals surface area (Å²) in [4.78, 5) is 36.6. The second-order valence-corrected chi connectivity index (χ2v) is 6.86. The summed E-state index contributed by atoms with van der Waals surface area (Å²) < 4.78 is 5.11. The van der Waals surface area contributed by atoms with E-state index >= 15 is 0 Å². The van der Waals surface area contributed by atoms with Crippen molar-refractivity contribution in [2.24, 2.45) is 0 Å². The van der Waals surface area contributed by atoms with Gasteiger partial charge in [-0.3, -0.25) is 9.59 Å². The second kappa shape index (κ2) is 9.58. The molecule has 0 fully saturated rings. The van der Waals surface area contributed by atoms with Crippen LogP contribution in [0.5, 0.6) is 5.75 Å². The number of hydrogen-bond acceptors (Lipinski definition) is 4. The largest absolute Gasteiger partial charge is 0.497 e. The minimum Gasteiger partial charge on any atom is -0.497 e. The minimum absolute atomic E-state index is 0.00236. The predicted molar refractivity (Wildman–Crippen MR) is 118 cm³/mol. The minimum atomic E-state index is -1.13. The predicted octanol–water partition coefficient (Wildman–Crippen LogP) is 4.14. The number of nitrogens with one attached hydrogen (secondary N) is 2. The zero-order valence-corrected chi connectivity index (χ0v) is 17.1. The summed E-state index contributed by atoms with van der Waals surface area (Å²) in [5.74, 6) is -1.10. The molecular formula is C24H22N2O5. The molecule has 7 nitrogen and oxygen atoms in total. The summed E-state index contributed by atoms with van der Waals surface area (Å²) in [6.45, 7) is 1.72. The fourth-order valence-corrected chi connectivity index (χ4v) is 3.11. The van der Waals surface area contributed by atoms with Gasteiger partial charge in [0.2, 0.25) is 5.91 Å². The summed E-state index contributed by atoms with van der Waals surface area (Å²) in [5, 5.41) is 14.8. The van der Waals surface area contributed by atoms with Crippen molar-refractivity contribution < 1.29 is 24.2 Å². The van der Waals surface area contributed by atoms with E-state index in [4.69, 9.17) is 4.74 Å². The van der Waals surface area contributed by atoms with E-state index in [1.807, 2.05) is 12.1 Å². The topological polar surface area (TPSA) is 105 Å². The van der Waals surface area contributed by atoms with Crippen LogP contribution in [-0.2, 0) is 11.2 Å². The van der Waals surface area contributed by atoms with Gasteiger partial charge in [-0.05, 0) is 54.4 Å². The van der Waals surface area contributed by atoms with Crippen molar-refractivity contribution in [1.82, 2.24) is 0 Å². The van der Waals surface area contributed by atoms with Crippen LogP contribution in [0.4, 0.5) is 11.4 Å². The molecule has 7 heteroatoms. The maximum Gasteiger partial charge on any atom is 0.337 e. The molecule has 0 spiro atoms. The van der Waals surface area contributed by atoms with Crippen LogP contribution in [0.3, 0.4) is 0 Å². The quantitative estimate of drug-likeness (QED) is 0.535. The maximum absolute atomic E-state index is 12.8. The summed E-state index contributed by atoms with van der Waals surface area (Å²) >= 11 is 0. The van der Waals surface area contributed by atoms with Crippen molar-refractivity contribution in [3.8, 4) is 5.75 Å². The van der Waals surface area contributed by atoms with Crippen molar-refractivity contribution in [3.63, 3.8) is 0 Å². The molecule has 3 aromatic rings. The number of carboxylic acids is 1. The van der Waals surface area contributed by atoms with Gasteiger partial charge in [-0.1, -0.05) is 30.3 Å². The van der Waals surface area contributed by atoms with E-state index in [0.717, 1.165) is 5.56 Å². The van der Waals surface area contributed by atoms with Crippen molar-refractivity contribution in [3.05, 3.63) is 89.0 Å². The number of hydrogen-bond donors (Lipinski definition) is 3. The number of rotatable bonds is 7. The van der Waals surface area contributed by atoms with Crippen molar-refractivity contribution in [2.45, 2.75) is 13.3 Å². The second-order valence-electron chi connectivity index (χ2n) is 6.86. The van der Waals surface area contributed by atoms with Crippen molar-refractivity contribution in [2.75, 3.05) is 17.7 Å². The number of carbonyl (C=O) groups is 3. The highest BCUT2D eigenvalue weighted by Gasteiger charge is 2.16. The van der Waals surface area contributed by atoms with Gasteiger partial charge < -0.3 is 20.5 Å². The van der Waals surface area contributed by atoms with Crippen LogP contribution in [-0.4, -0.2) is 30.0 Å². The molecule has 3 aromatic carbocycles. The lowest BCUT2D eigenvalue weighted by Gasteiger charge is -2.14. The Balaban J connectivity index is 1.74. The zero-order valence-electron chi connectivity index (χ0n) is 17.1. The molecule has 0 atom stereocenters. The summed E-state index contributed by atoms with van der Waals surface area (Å²) in [5.41, 5.74) is 2.46. The van der Waals surface area contributed by atoms with E-state index < -0.39 is 11.9 Å². The molecule has 0 aliphatic rings. The third-order valence-electron chi connectivity index (χ3n) is 4.78. The third kappa shape index (κ3) is 5.27. The average molecular weight is 418 g/mol. The summed E-state index contributed by atoms with van der Waals surface area (Å²) in [6, 6.07) is 18.4. The standard InChI is InChI=1S/C24H22N2O5/c1-15-18(23(28)26-21-8-4-3-6-19(21)24(29)30)7-5-9-20(15)25-22(27)14-16-10-12-17(31-2)13-11-16/h3-13H,14H2,1-2H3,(H,25,27)(H,26,28)(H,29,30). The number of ether oxygens (including phenoxy) is 1. The zero-order chi connectivity index (χ0) is 22.4. The lowest BCUT2D eigenvalue weighted by Crippen LogP contribution is -2.19. The van der Waals surface area contributed by atoms with Crippen LogP contribution in [0, 0.1) is 6.92 Å². The first-order chi connectivity index (χ1) is 14.9. The Morgan fingerprint density at radius 3 is 2.16 bits per heavy atom. The van der Waals surface area contributed by atoms with Gasteiger partial charge in [0.05, 0.1) is 24.8 Å². The lowest BCUT2D eigenvalue weighted by atomic mass is 10.0. The van der Waals surface area contributed by atoms with E-state index in [2.05, 4.69) is 10.6 Å². The molecular weight excluding hydrogens is 396 g/mol. The third-order valence-corrected chi connectivity index (χ3v) is 4.78. The monoisotopic (exact) mass is 418 g/mol. The molecule has 0 aliphatic carbocycles. The molecule has 158 valence electrons. The molecule has 3 rings (SSSR count). The lowest BCUT2D eigenvalue weighted by molar-refractivity contribution is -0.115. The van der Waals surface area contributed by atoms with Crippen LogP contribution in [0.15, 0.2) is 66.7 Å². The van der Waals surface area contributed by atoms with Crippen LogP contribution >= 0.6 is 0 Å². The van der Waals surface area contributed by atoms with Crippen molar-refractivity contribution in [1.29, 1.82) is 0 Å². The normalized spacial score (nSPS) is 10.3. The first kappa shape index (κ1) is 21.6. The molecule has 0 aromatic heterocycles. The number of anilines is 2. The van der Waals surface area contributed by atoms with E-state index in [0.29, 0.717) is 22.6 Å².